The summed E-state index contributed by atoms with van der Waals surface area (Å²) in [5.74, 6) is 3.71. The third kappa shape index (κ3) is 5.14. The number of rotatable bonds is 8. The van der Waals surface area contributed by atoms with Crippen molar-refractivity contribution in [1.82, 2.24) is 5.32 Å². The first-order chi connectivity index (χ1) is 8.69. The summed E-state index contributed by atoms with van der Waals surface area (Å²) < 4.78 is 0. The van der Waals surface area contributed by atoms with E-state index in [-0.39, 0.29) is 0 Å². The molecule has 0 radical (unpaired) electrons. The van der Waals surface area contributed by atoms with Crippen molar-refractivity contribution in [3.05, 3.63) is 12.7 Å². The highest BCUT2D eigenvalue weighted by atomic mass is 14.8. The minimum atomic E-state index is 0.868. The first-order valence-corrected chi connectivity index (χ1v) is 8.00. The Labute approximate surface area is 114 Å². The van der Waals surface area contributed by atoms with E-state index in [2.05, 4.69) is 38.7 Å². The average Bonchev–Trinajstić information content (AvgIpc) is 2.37. The van der Waals surface area contributed by atoms with Crippen LogP contribution in [0.4, 0.5) is 0 Å². The third-order valence-electron chi connectivity index (χ3n) is 4.76. The molecule has 3 atom stereocenters. The van der Waals surface area contributed by atoms with Crippen LogP contribution >= 0.6 is 0 Å². The second-order valence-corrected chi connectivity index (χ2v) is 6.36. The summed E-state index contributed by atoms with van der Waals surface area (Å²) in [6.45, 7) is 13.2. The topological polar surface area (TPSA) is 12.0 Å². The molecule has 18 heavy (non-hydrogen) atoms. The van der Waals surface area contributed by atoms with E-state index in [1.165, 1.54) is 45.1 Å². The Hall–Kier alpha value is -0.300. The quantitative estimate of drug-likeness (QED) is 0.489. The summed E-state index contributed by atoms with van der Waals surface area (Å²) in [5, 5.41) is 3.56. The maximum absolute atomic E-state index is 3.84. The average molecular weight is 251 g/mol. The number of hydrogen-bond acceptors (Lipinski definition) is 1. The highest BCUT2D eigenvalue weighted by Gasteiger charge is 2.30. The normalized spacial score (nSPS) is 28.6. The van der Waals surface area contributed by atoms with E-state index in [1.54, 1.807) is 0 Å². The number of hydrogen-bond donors (Lipinski definition) is 1. The molecule has 0 amide bonds. The van der Waals surface area contributed by atoms with Gasteiger partial charge in [0.05, 0.1) is 0 Å². The van der Waals surface area contributed by atoms with Crippen LogP contribution in [0.3, 0.4) is 0 Å². The molecule has 0 aromatic heterocycles. The van der Waals surface area contributed by atoms with Gasteiger partial charge in [0.1, 0.15) is 0 Å². The summed E-state index contributed by atoms with van der Waals surface area (Å²) in [7, 11) is 0. The van der Waals surface area contributed by atoms with Crippen molar-refractivity contribution in [3.63, 3.8) is 0 Å². The van der Waals surface area contributed by atoms with Crippen molar-refractivity contribution >= 4 is 0 Å². The summed E-state index contributed by atoms with van der Waals surface area (Å²) in [4.78, 5) is 0. The van der Waals surface area contributed by atoms with Gasteiger partial charge in [0.2, 0.25) is 0 Å². The third-order valence-corrected chi connectivity index (χ3v) is 4.76. The Morgan fingerprint density at radius 2 is 2.06 bits per heavy atom. The zero-order valence-corrected chi connectivity index (χ0v) is 12.8. The van der Waals surface area contributed by atoms with Gasteiger partial charge in [-0.05, 0) is 75.3 Å². The molecule has 0 bridgehead atoms. The van der Waals surface area contributed by atoms with Crippen LogP contribution in [0.15, 0.2) is 12.7 Å². The predicted molar refractivity (Wildman–Crippen MR) is 81.8 cm³/mol. The molecular weight excluding hydrogens is 218 g/mol. The fraction of sp³-hybridized carbons (Fsp3) is 0.882. The van der Waals surface area contributed by atoms with E-state index in [9.17, 15) is 0 Å². The van der Waals surface area contributed by atoms with Gasteiger partial charge >= 0.3 is 0 Å². The second-order valence-electron chi connectivity index (χ2n) is 6.36. The highest BCUT2D eigenvalue weighted by Crippen LogP contribution is 2.39. The zero-order valence-electron chi connectivity index (χ0n) is 12.8. The van der Waals surface area contributed by atoms with E-state index < -0.39 is 0 Å². The minimum absolute atomic E-state index is 0.868. The van der Waals surface area contributed by atoms with Crippen LogP contribution in [-0.2, 0) is 0 Å². The first-order valence-electron chi connectivity index (χ1n) is 8.00. The van der Waals surface area contributed by atoms with Crippen LogP contribution in [0, 0.1) is 23.7 Å². The molecule has 0 aromatic rings. The van der Waals surface area contributed by atoms with E-state index in [0.29, 0.717) is 0 Å². The molecule has 0 aromatic carbocycles. The van der Waals surface area contributed by atoms with Crippen LogP contribution < -0.4 is 5.32 Å². The monoisotopic (exact) mass is 251 g/mol. The maximum Gasteiger partial charge on any atom is -0.00180 e. The molecular formula is C17H33N. The molecule has 1 nitrogen and oxygen atoms in total. The predicted octanol–water partition coefficient (Wildman–Crippen LogP) is 4.64. The summed E-state index contributed by atoms with van der Waals surface area (Å²) in [5.41, 5.74) is 0. The van der Waals surface area contributed by atoms with E-state index >= 15 is 0 Å². The van der Waals surface area contributed by atoms with Crippen LogP contribution in [0.1, 0.15) is 59.3 Å². The molecule has 3 unspecified atom stereocenters. The lowest BCUT2D eigenvalue weighted by Crippen LogP contribution is -2.34. The van der Waals surface area contributed by atoms with Crippen LogP contribution in [0.25, 0.3) is 0 Å². The van der Waals surface area contributed by atoms with Crippen molar-refractivity contribution in [2.45, 2.75) is 59.3 Å². The Morgan fingerprint density at radius 3 is 2.67 bits per heavy atom. The summed E-state index contributed by atoms with van der Waals surface area (Å²) in [6.07, 6.45) is 10.4. The standard InChI is InChI=1S/C17H33N/c1-5-7-8-9-16-12-15(14(3)4)10-11-17(16)13-18-6-2/h5,14-18H,1,6-13H2,2-4H3. The number of allylic oxidation sites excluding steroid dienone is 1. The van der Waals surface area contributed by atoms with Gasteiger partial charge in [-0.1, -0.05) is 26.8 Å². The largest absolute Gasteiger partial charge is 0.317 e. The van der Waals surface area contributed by atoms with E-state index in [1.807, 2.05) is 0 Å². The molecule has 106 valence electrons. The SMILES string of the molecule is C=CCCCC1CC(C(C)C)CCC1CNCC. The molecule has 1 fully saturated rings. The molecule has 1 rings (SSSR count). The zero-order chi connectivity index (χ0) is 13.4. The lowest BCUT2D eigenvalue weighted by molar-refractivity contribution is 0.136. The first kappa shape index (κ1) is 15.8. The molecule has 0 aliphatic heterocycles. The second kappa shape index (κ2) is 8.74. The molecule has 0 spiro atoms. The fourth-order valence-electron chi connectivity index (χ4n) is 3.44. The van der Waals surface area contributed by atoms with Crippen molar-refractivity contribution < 1.29 is 0 Å². The number of nitrogens with one attached hydrogen (secondary N) is 1. The molecule has 0 heterocycles. The van der Waals surface area contributed by atoms with E-state index in [0.717, 1.165) is 30.2 Å². The number of unbranched alkanes of at least 4 members (excludes halogenated alkanes) is 1. The minimum Gasteiger partial charge on any atom is -0.317 e. The summed E-state index contributed by atoms with van der Waals surface area (Å²) in [6, 6.07) is 0. The van der Waals surface area contributed by atoms with Gasteiger partial charge in [-0.25, -0.2) is 0 Å². The van der Waals surface area contributed by atoms with Gasteiger partial charge in [-0.15, -0.1) is 6.58 Å². The van der Waals surface area contributed by atoms with E-state index in [4.69, 9.17) is 0 Å². The van der Waals surface area contributed by atoms with Gasteiger partial charge in [0.15, 0.2) is 0 Å². The Bertz CT molecular complexity index is 222. The van der Waals surface area contributed by atoms with Gasteiger partial charge in [-0.3, -0.25) is 0 Å². The Kier molecular flexibility index (Phi) is 7.65. The lowest BCUT2D eigenvalue weighted by atomic mass is 9.69. The van der Waals surface area contributed by atoms with Crippen molar-refractivity contribution in [2.75, 3.05) is 13.1 Å². The molecule has 1 heteroatoms. The molecule has 1 aliphatic carbocycles. The molecule has 0 saturated heterocycles. The smallest absolute Gasteiger partial charge is 0.00180 e. The van der Waals surface area contributed by atoms with Crippen molar-refractivity contribution in [3.8, 4) is 0 Å². The van der Waals surface area contributed by atoms with Crippen LogP contribution in [-0.4, -0.2) is 13.1 Å². The molecule has 1 N–H and O–H groups in total. The highest BCUT2D eigenvalue weighted by molar-refractivity contribution is 4.83. The maximum atomic E-state index is 3.84. The Morgan fingerprint density at radius 1 is 1.28 bits per heavy atom. The van der Waals surface area contributed by atoms with Gasteiger partial charge < -0.3 is 5.32 Å². The van der Waals surface area contributed by atoms with Crippen LogP contribution in [0.2, 0.25) is 0 Å². The fourth-order valence-corrected chi connectivity index (χ4v) is 3.44. The van der Waals surface area contributed by atoms with Crippen molar-refractivity contribution in [1.29, 1.82) is 0 Å². The van der Waals surface area contributed by atoms with Gasteiger partial charge in [0, 0.05) is 0 Å². The van der Waals surface area contributed by atoms with Crippen molar-refractivity contribution in [2.24, 2.45) is 23.7 Å². The molecule has 1 aliphatic rings. The summed E-state index contributed by atoms with van der Waals surface area (Å²) >= 11 is 0. The van der Waals surface area contributed by atoms with Crippen LogP contribution in [0.5, 0.6) is 0 Å². The molecule has 1 saturated carbocycles. The van der Waals surface area contributed by atoms with Gasteiger partial charge in [-0.2, -0.15) is 0 Å². The Balaban J connectivity index is 2.46. The van der Waals surface area contributed by atoms with Gasteiger partial charge in [0.25, 0.3) is 0 Å². The lowest BCUT2D eigenvalue weighted by Gasteiger charge is -2.38.